The van der Waals surface area contributed by atoms with E-state index in [0.717, 1.165) is 89.9 Å². The largest absolute Gasteiger partial charge is 0.462 e. The standard InChI is InChI=1S/C62H112O6/c1-4-7-10-13-16-19-22-25-27-29-30-31-32-33-35-37-40-43-46-49-52-55-61(64)67-58-59(57-66-60(63)54-51-48-45-42-39-36-24-21-18-15-12-9-6-3)68-62(65)56-53-50-47-44-41-38-34-28-26-23-20-17-14-11-8-5-2/h20,22-23,25,28-30,34,59H,4-19,21,24,26-27,31-33,35-58H2,1-3H3/b23-20-,25-22-,30-29-,34-28-. The second kappa shape index (κ2) is 57.0. The quantitative estimate of drug-likeness (QED) is 0.0262. The van der Waals surface area contributed by atoms with E-state index < -0.39 is 6.10 Å². The second-order valence-electron chi connectivity index (χ2n) is 19.9. The van der Waals surface area contributed by atoms with Gasteiger partial charge in [-0.1, -0.05) is 256 Å². The summed E-state index contributed by atoms with van der Waals surface area (Å²) in [7, 11) is 0. The molecule has 0 aromatic heterocycles. The van der Waals surface area contributed by atoms with E-state index in [4.69, 9.17) is 14.2 Å². The van der Waals surface area contributed by atoms with Crippen molar-refractivity contribution in [2.45, 2.75) is 316 Å². The number of unbranched alkanes of at least 4 members (excludes halogenated alkanes) is 35. The van der Waals surface area contributed by atoms with E-state index >= 15 is 0 Å². The summed E-state index contributed by atoms with van der Waals surface area (Å²) in [6, 6.07) is 0. The Labute approximate surface area is 422 Å². The molecule has 6 heteroatoms. The highest BCUT2D eigenvalue weighted by Crippen LogP contribution is 2.16. The fraction of sp³-hybridized carbons (Fsp3) is 0.823. The van der Waals surface area contributed by atoms with Gasteiger partial charge in [0.15, 0.2) is 6.10 Å². The summed E-state index contributed by atoms with van der Waals surface area (Å²) >= 11 is 0. The van der Waals surface area contributed by atoms with Crippen LogP contribution in [0.15, 0.2) is 48.6 Å². The number of allylic oxidation sites excluding steroid dienone is 8. The van der Waals surface area contributed by atoms with E-state index in [2.05, 4.69) is 69.4 Å². The van der Waals surface area contributed by atoms with Crippen molar-refractivity contribution in [1.29, 1.82) is 0 Å². The molecule has 0 spiro atoms. The lowest BCUT2D eigenvalue weighted by atomic mass is 10.0. The molecule has 0 heterocycles. The molecule has 0 aromatic carbocycles. The molecule has 0 radical (unpaired) electrons. The van der Waals surface area contributed by atoms with Crippen molar-refractivity contribution < 1.29 is 28.6 Å². The van der Waals surface area contributed by atoms with Crippen molar-refractivity contribution in [3.63, 3.8) is 0 Å². The number of rotatable bonds is 54. The van der Waals surface area contributed by atoms with Crippen molar-refractivity contribution in [1.82, 2.24) is 0 Å². The molecule has 1 atom stereocenters. The van der Waals surface area contributed by atoms with Crippen LogP contribution < -0.4 is 0 Å². The predicted octanol–water partition coefficient (Wildman–Crippen LogP) is 19.8. The summed E-state index contributed by atoms with van der Waals surface area (Å²) in [4.78, 5) is 38.2. The highest BCUT2D eigenvalue weighted by atomic mass is 16.6. The highest BCUT2D eigenvalue weighted by Gasteiger charge is 2.19. The van der Waals surface area contributed by atoms with E-state index in [1.54, 1.807) is 0 Å². The van der Waals surface area contributed by atoms with Gasteiger partial charge in [0.05, 0.1) is 0 Å². The molecule has 0 fully saturated rings. The van der Waals surface area contributed by atoms with Crippen LogP contribution in [0.3, 0.4) is 0 Å². The molecular weight excluding hydrogens is 841 g/mol. The third-order valence-corrected chi connectivity index (χ3v) is 13.1. The van der Waals surface area contributed by atoms with Gasteiger partial charge < -0.3 is 14.2 Å². The molecule has 0 amide bonds. The van der Waals surface area contributed by atoms with Gasteiger partial charge >= 0.3 is 17.9 Å². The smallest absolute Gasteiger partial charge is 0.306 e. The minimum absolute atomic E-state index is 0.0772. The van der Waals surface area contributed by atoms with Gasteiger partial charge in [0, 0.05) is 19.3 Å². The Balaban J connectivity index is 4.34. The highest BCUT2D eigenvalue weighted by molar-refractivity contribution is 5.71. The Hall–Kier alpha value is -2.63. The molecule has 6 nitrogen and oxygen atoms in total. The lowest BCUT2D eigenvalue weighted by molar-refractivity contribution is -0.167. The van der Waals surface area contributed by atoms with Crippen molar-refractivity contribution in [3.8, 4) is 0 Å². The van der Waals surface area contributed by atoms with Gasteiger partial charge in [-0.05, 0) is 83.5 Å². The van der Waals surface area contributed by atoms with E-state index in [-0.39, 0.29) is 31.1 Å². The molecule has 0 saturated carbocycles. The summed E-state index contributed by atoms with van der Waals surface area (Å²) < 4.78 is 16.9. The Morgan fingerprint density at radius 2 is 0.529 bits per heavy atom. The molecule has 0 rings (SSSR count). The van der Waals surface area contributed by atoms with E-state index in [1.807, 2.05) is 0 Å². The lowest BCUT2D eigenvalue weighted by Crippen LogP contribution is -2.30. The van der Waals surface area contributed by atoms with Crippen LogP contribution in [-0.4, -0.2) is 37.2 Å². The van der Waals surface area contributed by atoms with Crippen molar-refractivity contribution in [2.24, 2.45) is 0 Å². The first-order chi connectivity index (χ1) is 33.5. The third-order valence-electron chi connectivity index (χ3n) is 13.1. The van der Waals surface area contributed by atoms with Gasteiger partial charge in [-0.15, -0.1) is 0 Å². The van der Waals surface area contributed by atoms with Crippen molar-refractivity contribution >= 4 is 17.9 Å². The number of carbonyl (C=O) groups is 3. The maximum atomic E-state index is 12.9. The molecule has 0 aliphatic carbocycles. The van der Waals surface area contributed by atoms with Crippen LogP contribution in [0.25, 0.3) is 0 Å². The molecule has 0 bridgehead atoms. The topological polar surface area (TPSA) is 78.9 Å². The van der Waals surface area contributed by atoms with E-state index in [1.165, 1.54) is 180 Å². The molecule has 0 saturated heterocycles. The first-order valence-corrected chi connectivity index (χ1v) is 29.6. The number of esters is 3. The number of ether oxygens (including phenoxy) is 3. The monoisotopic (exact) mass is 953 g/mol. The van der Waals surface area contributed by atoms with Gasteiger partial charge in [0.1, 0.15) is 13.2 Å². The Morgan fingerprint density at radius 3 is 0.824 bits per heavy atom. The molecule has 0 aromatic rings. The predicted molar refractivity (Wildman–Crippen MR) is 293 cm³/mol. The maximum absolute atomic E-state index is 12.9. The minimum atomic E-state index is -0.780. The number of hydrogen-bond donors (Lipinski definition) is 0. The Morgan fingerprint density at radius 1 is 0.294 bits per heavy atom. The zero-order chi connectivity index (χ0) is 49.3. The Bertz CT molecular complexity index is 1190. The van der Waals surface area contributed by atoms with Crippen LogP contribution in [0.1, 0.15) is 310 Å². The first kappa shape index (κ1) is 65.4. The zero-order valence-corrected chi connectivity index (χ0v) is 45.4. The van der Waals surface area contributed by atoms with Gasteiger partial charge in [-0.3, -0.25) is 14.4 Å². The van der Waals surface area contributed by atoms with E-state index in [0.29, 0.717) is 19.3 Å². The maximum Gasteiger partial charge on any atom is 0.306 e. The van der Waals surface area contributed by atoms with Crippen LogP contribution in [0, 0.1) is 0 Å². The van der Waals surface area contributed by atoms with E-state index in [9.17, 15) is 14.4 Å². The van der Waals surface area contributed by atoms with Crippen LogP contribution >= 0.6 is 0 Å². The van der Waals surface area contributed by atoms with Gasteiger partial charge in [0.2, 0.25) is 0 Å². The van der Waals surface area contributed by atoms with Gasteiger partial charge in [-0.2, -0.15) is 0 Å². The fourth-order valence-electron chi connectivity index (χ4n) is 8.56. The third kappa shape index (κ3) is 54.3. The number of carbonyl (C=O) groups excluding carboxylic acids is 3. The molecule has 0 N–H and O–H groups in total. The molecule has 396 valence electrons. The van der Waals surface area contributed by atoms with Crippen LogP contribution in [0.5, 0.6) is 0 Å². The van der Waals surface area contributed by atoms with Gasteiger partial charge in [0.25, 0.3) is 0 Å². The first-order valence-electron chi connectivity index (χ1n) is 29.6. The average molecular weight is 954 g/mol. The molecule has 68 heavy (non-hydrogen) atoms. The van der Waals surface area contributed by atoms with Crippen LogP contribution in [0.2, 0.25) is 0 Å². The SMILES string of the molecule is CCCCCC/C=C\C/C=C\CCCCCCCC(=O)OC(COC(=O)CCCCCCCCCCC/C=C\C/C=C\CCCCCCC)COC(=O)CCCCCCCCCCCCCCC. The minimum Gasteiger partial charge on any atom is -0.462 e. The molecule has 0 aliphatic rings. The molecule has 0 aliphatic heterocycles. The zero-order valence-electron chi connectivity index (χ0n) is 45.4. The summed E-state index contributed by atoms with van der Waals surface area (Å²) in [5.74, 6) is -0.880. The summed E-state index contributed by atoms with van der Waals surface area (Å²) in [6.07, 6.45) is 69.5. The summed E-state index contributed by atoms with van der Waals surface area (Å²) in [6.45, 7) is 6.63. The fourth-order valence-corrected chi connectivity index (χ4v) is 8.56. The lowest BCUT2D eigenvalue weighted by Gasteiger charge is -2.18. The number of hydrogen-bond acceptors (Lipinski definition) is 6. The normalized spacial score (nSPS) is 12.3. The van der Waals surface area contributed by atoms with Crippen LogP contribution in [0.4, 0.5) is 0 Å². The molecule has 1 unspecified atom stereocenters. The van der Waals surface area contributed by atoms with Crippen molar-refractivity contribution in [2.75, 3.05) is 13.2 Å². The Kier molecular flexibility index (Phi) is 54.8. The van der Waals surface area contributed by atoms with Gasteiger partial charge in [-0.25, -0.2) is 0 Å². The summed E-state index contributed by atoms with van der Waals surface area (Å²) in [5, 5.41) is 0. The summed E-state index contributed by atoms with van der Waals surface area (Å²) in [5.41, 5.74) is 0. The van der Waals surface area contributed by atoms with Crippen LogP contribution in [-0.2, 0) is 28.6 Å². The average Bonchev–Trinajstić information content (AvgIpc) is 3.34. The second-order valence-corrected chi connectivity index (χ2v) is 19.9. The van der Waals surface area contributed by atoms with Crippen molar-refractivity contribution in [3.05, 3.63) is 48.6 Å². The molecular formula is C62H112O6.